The number of aromatic nitrogens is 1. The van der Waals surface area contributed by atoms with Crippen molar-refractivity contribution >= 4 is 17.6 Å². The number of anilines is 1. The van der Waals surface area contributed by atoms with Gasteiger partial charge in [0.2, 0.25) is 5.91 Å². The van der Waals surface area contributed by atoms with Gasteiger partial charge in [0.15, 0.2) is 5.76 Å². The third kappa shape index (κ3) is 5.20. The quantitative estimate of drug-likeness (QED) is 0.564. The van der Waals surface area contributed by atoms with Gasteiger partial charge in [0.05, 0.1) is 18.8 Å². The second kappa shape index (κ2) is 8.71. The van der Waals surface area contributed by atoms with Crippen molar-refractivity contribution in [2.75, 3.05) is 18.5 Å². The third-order valence-corrected chi connectivity index (χ3v) is 5.10. The lowest BCUT2D eigenvalue weighted by atomic mass is 9.97. The van der Waals surface area contributed by atoms with E-state index < -0.39 is 6.10 Å². The standard InChI is InChI=1S/C18H28N4O5/c1-10-16(11(2)27-22-10)21-18(25)20-14-6-5-13(26-15(14)9-23)7-8-19-17(24)12-3-4-12/h12-15,23H,3-9H2,1-2H3,(H,19,24)(H2,20,21,25)/t13-,14-,15+/m1/s1. The first-order valence-corrected chi connectivity index (χ1v) is 9.52. The lowest BCUT2D eigenvalue weighted by Crippen LogP contribution is -2.52. The number of aryl methyl sites for hydroxylation is 2. The largest absolute Gasteiger partial charge is 0.394 e. The second-order valence-corrected chi connectivity index (χ2v) is 7.31. The number of urea groups is 1. The van der Waals surface area contributed by atoms with E-state index in [-0.39, 0.29) is 36.6 Å². The molecule has 1 aliphatic heterocycles. The monoisotopic (exact) mass is 380 g/mol. The molecule has 3 rings (SSSR count). The first kappa shape index (κ1) is 19.6. The minimum absolute atomic E-state index is 0.0367. The molecule has 2 fully saturated rings. The van der Waals surface area contributed by atoms with E-state index in [4.69, 9.17) is 9.26 Å². The number of amides is 3. The third-order valence-electron chi connectivity index (χ3n) is 5.10. The first-order chi connectivity index (χ1) is 13.0. The average Bonchev–Trinajstić information content (AvgIpc) is 3.45. The zero-order chi connectivity index (χ0) is 19.4. The van der Waals surface area contributed by atoms with Crippen molar-refractivity contribution in [3.8, 4) is 0 Å². The van der Waals surface area contributed by atoms with E-state index in [1.54, 1.807) is 13.8 Å². The summed E-state index contributed by atoms with van der Waals surface area (Å²) in [5, 5.41) is 22.0. The summed E-state index contributed by atoms with van der Waals surface area (Å²) in [6.07, 6.45) is 3.62. The summed E-state index contributed by atoms with van der Waals surface area (Å²) in [6, 6.07) is -0.667. The lowest BCUT2D eigenvalue weighted by molar-refractivity contribution is -0.122. The summed E-state index contributed by atoms with van der Waals surface area (Å²) in [5.41, 5.74) is 1.16. The Bertz CT molecular complexity index is 653. The molecule has 0 unspecified atom stereocenters. The van der Waals surface area contributed by atoms with Crippen molar-refractivity contribution in [1.82, 2.24) is 15.8 Å². The molecule has 1 saturated carbocycles. The summed E-state index contributed by atoms with van der Waals surface area (Å²) in [7, 11) is 0. The van der Waals surface area contributed by atoms with Crippen LogP contribution in [-0.4, -0.2) is 53.6 Å². The molecule has 0 spiro atoms. The maximum Gasteiger partial charge on any atom is 0.319 e. The Hall–Kier alpha value is -2.13. The number of carbonyl (C=O) groups excluding carboxylic acids is 2. The summed E-state index contributed by atoms with van der Waals surface area (Å²) < 4.78 is 10.9. The molecular formula is C18H28N4O5. The second-order valence-electron chi connectivity index (χ2n) is 7.31. The Morgan fingerprint density at radius 1 is 1.22 bits per heavy atom. The maximum absolute atomic E-state index is 12.3. The Morgan fingerprint density at radius 2 is 2.00 bits per heavy atom. The predicted molar refractivity (Wildman–Crippen MR) is 97.3 cm³/mol. The molecule has 1 aromatic heterocycles. The number of aliphatic hydroxyl groups excluding tert-OH is 1. The fourth-order valence-electron chi connectivity index (χ4n) is 3.33. The van der Waals surface area contributed by atoms with Crippen molar-refractivity contribution in [2.45, 2.75) is 64.2 Å². The van der Waals surface area contributed by atoms with Crippen molar-refractivity contribution in [1.29, 1.82) is 0 Å². The van der Waals surface area contributed by atoms with E-state index in [0.29, 0.717) is 36.5 Å². The molecule has 9 nitrogen and oxygen atoms in total. The smallest absolute Gasteiger partial charge is 0.319 e. The van der Waals surface area contributed by atoms with E-state index in [2.05, 4.69) is 21.1 Å². The van der Waals surface area contributed by atoms with Crippen LogP contribution in [-0.2, 0) is 9.53 Å². The van der Waals surface area contributed by atoms with Crippen LogP contribution < -0.4 is 16.0 Å². The van der Waals surface area contributed by atoms with Gasteiger partial charge in [-0.25, -0.2) is 4.79 Å². The molecule has 3 atom stereocenters. The molecule has 1 aromatic rings. The molecule has 2 heterocycles. The van der Waals surface area contributed by atoms with E-state index in [1.165, 1.54) is 0 Å². The van der Waals surface area contributed by atoms with Gasteiger partial charge in [-0.2, -0.15) is 0 Å². The molecule has 9 heteroatoms. The minimum atomic E-state index is -0.474. The van der Waals surface area contributed by atoms with Crippen LogP contribution in [0.5, 0.6) is 0 Å². The molecule has 0 aromatic carbocycles. The lowest BCUT2D eigenvalue weighted by Gasteiger charge is -2.36. The van der Waals surface area contributed by atoms with Gasteiger partial charge in [0.25, 0.3) is 0 Å². The van der Waals surface area contributed by atoms with Crippen molar-refractivity contribution in [3.05, 3.63) is 11.5 Å². The number of carbonyl (C=O) groups is 2. The minimum Gasteiger partial charge on any atom is -0.394 e. The number of hydrogen-bond donors (Lipinski definition) is 4. The van der Waals surface area contributed by atoms with Gasteiger partial charge in [-0.15, -0.1) is 0 Å². The van der Waals surface area contributed by atoms with E-state index in [0.717, 1.165) is 19.3 Å². The Morgan fingerprint density at radius 3 is 2.63 bits per heavy atom. The van der Waals surface area contributed by atoms with Crippen LogP contribution in [0.15, 0.2) is 4.52 Å². The van der Waals surface area contributed by atoms with Gasteiger partial charge < -0.3 is 30.3 Å². The number of hydrogen-bond acceptors (Lipinski definition) is 6. The zero-order valence-corrected chi connectivity index (χ0v) is 15.8. The van der Waals surface area contributed by atoms with Gasteiger partial charge in [0, 0.05) is 12.5 Å². The molecule has 1 aliphatic carbocycles. The molecule has 0 bridgehead atoms. The molecule has 27 heavy (non-hydrogen) atoms. The highest BCUT2D eigenvalue weighted by molar-refractivity contribution is 5.90. The van der Waals surface area contributed by atoms with Gasteiger partial charge in [-0.05, 0) is 46.0 Å². The molecule has 150 valence electrons. The van der Waals surface area contributed by atoms with E-state index in [1.807, 2.05) is 0 Å². The van der Waals surface area contributed by atoms with E-state index in [9.17, 15) is 14.7 Å². The van der Waals surface area contributed by atoms with Crippen molar-refractivity contribution in [3.63, 3.8) is 0 Å². The van der Waals surface area contributed by atoms with Crippen molar-refractivity contribution in [2.24, 2.45) is 5.92 Å². The molecule has 2 aliphatic rings. The van der Waals surface area contributed by atoms with E-state index >= 15 is 0 Å². The number of ether oxygens (including phenoxy) is 1. The topological polar surface area (TPSA) is 126 Å². The first-order valence-electron chi connectivity index (χ1n) is 9.52. The summed E-state index contributed by atoms with van der Waals surface area (Å²) >= 11 is 0. The van der Waals surface area contributed by atoms with Crippen LogP contribution in [0.2, 0.25) is 0 Å². The molecular weight excluding hydrogens is 352 g/mol. The van der Waals surface area contributed by atoms with Gasteiger partial charge >= 0.3 is 6.03 Å². The van der Waals surface area contributed by atoms with Crippen LogP contribution in [0.4, 0.5) is 10.5 Å². The fraction of sp³-hybridized carbons (Fsp3) is 0.722. The Kier molecular flexibility index (Phi) is 6.33. The molecule has 0 radical (unpaired) electrons. The predicted octanol–water partition coefficient (Wildman–Crippen LogP) is 1.24. The highest BCUT2D eigenvalue weighted by Gasteiger charge is 2.33. The van der Waals surface area contributed by atoms with Gasteiger partial charge in [-0.1, -0.05) is 5.16 Å². The fourth-order valence-corrected chi connectivity index (χ4v) is 3.33. The summed E-state index contributed by atoms with van der Waals surface area (Å²) in [4.78, 5) is 23.9. The Labute approximate surface area is 158 Å². The molecule has 1 saturated heterocycles. The molecule has 3 amide bonds. The highest BCUT2D eigenvalue weighted by atomic mass is 16.5. The van der Waals surface area contributed by atoms with Crippen LogP contribution in [0.25, 0.3) is 0 Å². The van der Waals surface area contributed by atoms with Crippen molar-refractivity contribution < 1.29 is 24.0 Å². The Balaban J connectivity index is 1.43. The van der Waals surface area contributed by atoms with Gasteiger partial charge in [0.1, 0.15) is 17.5 Å². The zero-order valence-electron chi connectivity index (χ0n) is 15.8. The van der Waals surface area contributed by atoms with Crippen LogP contribution >= 0.6 is 0 Å². The van der Waals surface area contributed by atoms with Crippen LogP contribution in [0.1, 0.15) is 43.6 Å². The average molecular weight is 380 g/mol. The van der Waals surface area contributed by atoms with Crippen LogP contribution in [0.3, 0.4) is 0 Å². The summed E-state index contributed by atoms with van der Waals surface area (Å²) in [6.45, 7) is 3.87. The van der Waals surface area contributed by atoms with Gasteiger partial charge in [-0.3, -0.25) is 4.79 Å². The number of aliphatic hydroxyl groups is 1. The summed E-state index contributed by atoms with van der Waals surface area (Å²) in [5.74, 6) is 0.863. The molecule has 4 N–H and O–H groups in total. The normalized spacial score (nSPS) is 25.1. The maximum atomic E-state index is 12.3. The van der Waals surface area contributed by atoms with Crippen LogP contribution in [0, 0.1) is 19.8 Å². The number of rotatable bonds is 7. The SMILES string of the molecule is Cc1noc(C)c1NC(=O)N[C@@H]1CC[C@H](CCNC(=O)C2CC2)O[C@H]1CO. The number of nitrogens with one attached hydrogen (secondary N) is 3. The number of nitrogens with zero attached hydrogens (tertiary/aromatic N) is 1. The highest BCUT2D eigenvalue weighted by Crippen LogP contribution is 2.29.